The van der Waals surface area contributed by atoms with Gasteiger partial charge < -0.3 is 9.62 Å². The lowest BCUT2D eigenvalue weighted by molar-refractivity contribution is 0.112. The first-order valence-corrected chi connectivity index (χ1v) is 11.9. The number of nitrogens with zero attached hydrogens (tertiary/aromatic N) is 3. The molecule has 0 saturated heterocycles. The monoisotopic (exact) mass is 462 g/mol. The van der Waals surface area contributed by atoms with Gasteiger partial charge in [0.2, 0.25) is 0 Å². The predicted octanol–water partition coefficient (Wildman–Crippen LogP) is 6.47. The van der Waals surface area contributed by atoms with Crippen molar-refractivity contribution in [1.82, 2.24) is 14.3 Å². The van der Waals surface area contributed by atoms with Crippen molar-refractivity contribution in [2.75, 3.05) is 18.9 Å². The van der Waals surface area contributed by atoms with Crippen LogP contribution in [0.25, 0.3) is 11.3 Å². The fraction of sp³-hybridized carbons (Fsp3) is 0.160. The molecule has 4 rings (SSSR count). The van der Waals surface area contributed by atoms with Crippen molar-refractivity contribution in [2.24, 2.45) is 0 Å². The second kappa shape index (κ2) is 12.0. The molecule has 0 atom stereocenters. The van der Waals surface area contributed by atoms with Gasteiger partial charge in [0.1, 0.15) is 6.29 Å². The summed E-state index contributed by atoms with van der Waals surface area (Å²) in [4.78, 5) is 20.1. The summed E-state index contributed by atoms with van der Waals surface area (Å²) in [7, 11) is 1.87. The van der Waals surface area contributed by atoms with Crippen LogP contribution in [0, 0.1) is 0 Å². The first-order valence-electron chi connectivity index (χ1n) is 10.2. The third kappa shape index (κ3) is 6.18. The van der Waals surface area contributed by atoms with Crippen molar-refractivity contribution in [2.45, 2.75) is 17.7 Å². The molecule has 5 nitrogen and oxygen atoms in total. The summed E-state index contributed by atoms with van der Waals surface area (Å²) < 4.78 is 2.24. The van der Waals surface area contributed by atoms with Gasteiger partial charge in [0.25, 0.3) is 0 Å². The molecular formula is C25H26N4OS2. The minimum atomic E-state index is 0.703. The van der Waals surface area contributed by atoms with Crippen LogP contribution in [0.15, 0.2) is 95.6 Å². The number of rotatable bonds is 7. The van der Waals surface area contributed by atoms with Crippen LogP contribution < -0.4 is 5.32 Å². The third-order valence-corrected chi connectivity index (χ3v) is 6.71. The molecule has 1 aliphatic rings. The molecule has 0 bridgehead atoms. The number of pyridine rings is 1. The quantitative estimate of drug-likeness (QED) is 0.320. The van der Waals surface area contributed by atoms with E-state index in [9.17, 15) is 4.79 Å². The number of aromatic nitrogens is 2. The molecule has 1 N–H and O–H groups in total. The number of carbonyl (C=O) groups excluding carboxylic acids is 1. The molecule has 1 aliphatic heterocycles. The van der Waals surface area contributed by atoms with E-state index < -0.39 is 0 Å². The number of allylic oxidation sites excluding steroid dienone is 3. The molecule has 0 spiro atoms. The Morgan fingerprint density at radius 2 is 1.88 bits per heavy atom. The smallest absolute Gasteiger partial charge is 0.182 e. The largest absolute Gasteiger partial charge is 0.365 e. The maximum absolute atomic E-state index is 10.6. The first-order chi connectivity index (χ1) is 15.7. The zero-order chi connectivity index (χ0) is 22.8. The molecule has 0 unspecified atom stereocenters. The third-order valence-electron chi connectivity index (χ3n) is 4.77. The van der Waals surface area contributed by atoms with Crippen LogP contribution in [0.4, 0.5) is 5.13 Å². The van der Waals surface area contributed by atoms with Crippen molar-refractivity contribution < 1.29 is 4.79 Å². The van der Waals surface area contributed by atoms with Crippen LogP contribution in [0.5, 0.6) is 0 Å². The molecule has 1 aromatic carbocycles. The Bertz CT molecular complexity index is 1070. The highest BCUT2D eigenvalue weighted by Crippen LogP contribution is 2.33. The molecule has 0 aliphatic carbocycles. The van der Waals surface area contributed by atoms with Gasteiger partial charge in [0, 0.05) is 53.1 Å². The highest BCUT2D eigenvalue weighted by atomic mass is 32.2. The van der Waals surface area contributed by atoms with Gasteiger partial charge in [-0.1, -0.05) is 31.4 Å². The zero-order valence-electron chi connectivity index (χ0n) is 18.0. The molecular weight excluding hydrogens is 436 g/mol. The molecule has 32 heavy (non-hydrogen) atoms. The van der Waals surface area contributed by atoms with E-state index in [0.717, 1.165) is 52.7 Å². The van der Waals surface area contributed by atoms with E-state index in [2.05, 4.69) is 32.7 Å². The summed E-state index contributed by atoms with van der Waals surface area (Å²) in [5.74, 6) is 0. The number of anilines is 1. The minimum Gasteiger partial charge on any atom is -0.365 e. The highest BCUT2D eigenvalue weighted by molar-refractivity contribution is 7.97. The van der Waals surface area contributed by atoms with Crippen LogP contribution >= 0.6 is 23.3 Å². The molecule has 3 heterocycles. The Hall–Kier alpha value is -3.16. The first kappa shape index (κ1) is 23.5. The van der Waals surface area contributed by atoms with Gasteiger partial charge in [0.15, 0.2) is 5.13 Å². The second-order valence-electron chi connectivity index (χ2n) is 6.83. The van der Waals surface area contributed by atoms with Crippen LogP contribution in [0.2, 0.25) is 0 Å². The number of hydrogen-bond acceptors (Lipinski definition) is 7. The summed E-state index contributed by atoms with van der Waals surface area (Å²) >= 11 is 3.28. The Morgan fingerprint density at radius 1 is 1.12 bits per heavy atom. The second-order valence-corrected chi connectivity index (χ2v) is 8.78. The molecule has 0 saturated carbocycles. The van der Waals surface area contributed by atoms with Crippen molar-refractivity contribution in [3.05, 3.63) is 96.3 Å². The normalized spacial score (nSPS) is 13.1. The Kier molecular flexibility index (Phi) is 8.83. The number of thiazole rings is 1. The van der Waals surface area contributed by atoms with Crippen molar-refractivity contribution in [1.29, 1.82) is 0 Å². The fourth-order valence-corrected chi connectivity index (χ4v) is 4.84. The molecule has 7 heteroatoms. The van der Waals surface area contributed by atoms with E-state index in [-0.39, 0.29) is 0 Å². The molecule has 0 amide bonds. The van der Waals surface area contributed by atoms with E-state index >= 15 is 0 Å². The summed E-state index contributed by atoms with van der Waals surface area (Å²) in [5, 5.41) is 5.97. The Labute approximate surface area is 197 Å². The number of hydrogen-bond donors (Lipinski definition) is 1. The summed E-state index contributed by atoms with van der Waals surface area (Å²) in [6.45, 7) is 8.76. The van der Waals surface area contributed by atoms with Crippen LogP contribution in [-0.2, 0) is 0 Å². The lowest BCUT2D eigenvalue weighted by Crippen LogP contribution is -2.21. The average Bonchev–Trinajstić information content (AvgIpc) is 3.35. The van der Waals surface area contributed by atoms with Crippen LogP contribution in [0.3, 0.4) is 0 Å². The van der Waals surface area contributed by atoms with Gasteiger partial charge in [-0.2, -0.15) is 0 Å². The van der Waals surface area contributed by atoms with Crippen molar-refractivity contribution in [3.63, 3.8) is 0 Å². The van der Waals surface area contributed by atoms with E-state index in [1.54, 1.807) is 35.7 Å². The van der Waals surface area contributed by atoms with Gasteiger partial charge in [-0.3, -0.25) is 9.78 Å². The van der Waals surface area contributed by atoms with Crippen molar-refractivity contribution >= 4 is 34.7 Å². The summed E-state index contributed by atoms with van der Waals surface area (Å²) in [5.41, 5.74) is 5.20. The van der Waals surface area contributed by atoms with Crippen molar-refractivity contribution in [3.8, 4) is 11.3 Å². The van der Waals surface area contributed by atoms with Gasteiger partial charge >= 0.3 is 0 Å². The molecule has 2 aromatic heterocycles. The van der Waals surface area contributed by atoms with Crippen LogP contribution in [0.1, 0.15) is 23.2 Å². The maximum Gasteiger partial charge on any atom is 0.182 e. The van der Waals surface area contributed by atoms with Gasteiger partial charge in [-0.25, -0.2) is 4.98 Å². The van der Waals surface area contributed by atoms with E-state index in [4.69, 9.17) is 0 Å². The number of aldehydes is 1. The average molecular weight is 463 g/mol. The van der Waals surface area contributed by atoms with E-state index in [1.165, 1.54) is 5.57 Å². The summed E-state index contributed by atoms with van der Waals surface area (Å²) in [6.07, 6.45) is 10.4. The summed E-state index contributed by atoms with van der Waals surface area (Å²) in [6, 6.07) is 11.5. The topological polar surface area (TPSA) is 58.1 Å². The SMILES string of the molecule is C=CC1=C(C=C)N(Sc2ccc(C=O)cc2)CCC1.CNc1nc(-c2ccncc2)cs1. The van der Waals surface area contributed by atoms with Gasteiger partial charge in [0.05, 0.1) is 5.69 Å². The minimum absolute atomic E-state index is 0.703. The Morgan fingerprint density at radius 3 is 2.47 bits per heavy atom. The zero-order valence-corrected chi connectivity index (χ0v) is 19.7. The molecule has 164 valence electrons. The molecule has 0 fully saturated rings. The van der Waals surface area contributed by atoms with E-state index in [0.29, 0.717) is 5.56 Å². The van der Waals surface area contributed by atoms with Gasteiger partial charge in [-0.15, -0.1) is 11.3 Å². The number of benzene rings is 1. The van der Waals surface area contributed by atoms with Crippen LogP contribution in [-0.4, -0.2) is 34.2 Å². The fourth-order valence-electron chi connectivity index (χ4n) is 3.13. The molecule has 0 radical (unpaired) electrons. The number of nitrogens with one attached hydrogen (secondary N) is 1. The lowest BCUT2D eigenvalue weighted by atomic mass is 10.0. The van der Waals surface area contributed by atoms with E-state index in [1.807, 2.05) is 61.0 Å². The standard InChI is InChI=1S/C16H17NOS.C9H9N3S/c1-3-14-6-5-11-17(16(14)4-2)19-15-9-7-13(12-18)8-10-15;1-10-9-12-8(6-13-9)7-2-4-11-5-3-7/h3-4,7-10,12H,1-2,5-6,11H2;2-6H,1H3,(H,10,12). The lowest BCUT2D eigenvalue weighted by Gasteiger charge is -2.30. The Balaban J connectivity index is 0.000000193. The highest BCUT2D eigenvalue weighted by Gasteiger charge is 2.17. The predicted molar refractivity (Wildman–Crippen MR) is 136 cm³/mol. The number of carbonyl (C=O) groups is 1. The molecule has 3 aromatic rings. The van der Waals surface area contributed by atoms with Gasteiger partial charge in [-0.05, 0) is 60.7 Å². The maximum atomic E-state index is 10.6.